The molecule has 20 heavy (non-hydrogen) atoms. The standard InChI is InChI=1S/C12H13F2N3O2S/c1-17-7-10(5-9(17)6-15)20(18,19)16-12-4-8(13)2-3-11(12)14/h2-5,7,16H,6,15H2,1H3. The van der Waals surface area contributed by atoms with E-state index < -0.39 is 27.3 Å². The van der Waals surface area contributed by atoms with E-state index in [4.69, 9.17) is 5.73 Å². The van der Waals surface area contributed by atoms with Gasteiger partial charge in [0.05, 0.1) is 5.69 Å². The zero-order valence-corrected chi connectivity index (χ0v) is 11.4. The molecule has 8 heteroatoms. The van der Waals surface area contributed by atoms with Crippen LogP contribution in [0.3, 0.4) is 0 Å². The molecule has 2 aromatic rings. The van der Waals surface area contributed by atoms with Crippen LogP contribution in [0.25, 0.3) is 0 Å². The number of benzene rings is 1. The van der Waals surface area contributed by atoms with Crippen LogP contribution < -0.4 is 10.5 Å². The highest BCUT2D eigenvalue weighted by Gasteiger charge is 2.19. The lowest BCUT2D eigenvalue weighted by Gasteiger charge is -2.07. The minimum Gasteiger partial charge on any atom is -0.352 e. The number of aromatic nitrogens is 1. The summed E-state index contributed by atoms with van der Waals surface area (Å²) in [5.74, 6) is -1.59. The SMILES string of the molecule is Cn1cc(S(=O)(=O)Nc2cc(F)ccc2F)cc1CN. The summed E-state index contributed by atoms with van der Waals surface area (Å²) in [4.78, 5) is -0.0656. The number of sulfonamides is 1. The van der Waals surface area contributed by atoms with E-state index in [2.05, 4.69) is 0 Å². The van der Waals surface area contributed by atoms with E-state index in [-0.39, 0.29) is 11.4 Å². The molecular formula is C12H13F2N3O2S. The first-order valence-corrected chi connectivity index (χ1v) is 7.15. The Hall–Kier alpha value is -1.93. The smallest absolute Gasteiger partial charge is 0.263 e. The Balaban J connectivity index is 2.37. The molecule has 0 bridgehead atoms. The van der Waals surface area contributed by atoms with Gasteiger partial charge in [0.1, 0.15) is 16.5 Å². The van der Waals surface area contributed by atoms with Crippen LogP contribution in [-0.2, 0) is 23.6 Å². The maximum atomic E-state index is 13.4. The lowest BCUT2D eigenvalue weighted by molar-refractivity contribution is 0.594. The lowest BCUT2D eigenvalue weighted by Crippen LogP contribution is -2.13. The fourth-order valence-corrected chi connectivity index (χ4v) is 2.86. The largest absolute Gasteiger partial charge is 0.352 e. The second-order valence-electron chi connectivity index (χ2n) is 4.21. The van der Waals surface area contributed by atoms with Crippen molar-refractivity contribution in [1.29, 1.82) is 0 Å². The highest BCUT2D eigenvalue weighted by atomic mass is 32.2. The van der Waals surface area contributed by atoms with E-state index in [0.29, 0.717) is 5.69 Å². The number of anilines is 1. The average molecular weight is 301 g/mol. The summed E-state index contributed by atoms with van der Waals surface area (Å²) in [5.41, 5.74) is 5.62. The number of nitrogens with one attached hydrogen (secondary N) is 1. The molecule has 0 atom stereocenters. The molecule has 1 aromatic heterocycles. The third-order valence-electron chi connectivity index (χ3n) is 2.77. The van der Waals surface area contributed by atoms with Gasteiger partial charge in [0.2, 0.25) is 0 Å². The summed E-state index contributed by atoms with van der Waals surface area (Å²) < 4.78 is 54.2. The van der Waals surface area contributed by atoms with Crippen LogP contribution in [0.2, 0.25) is 0 Å². The Kier molecular flexibility index (Phi) is 3.78. The molecule has 3 N–H and O–H groups in total. The Bertz CT molecular complexity index is 741. The van der Waals surface area contributed by atoms with Crippen molar-refractivity contribution in [3.05, 3.63) is 47.8 Å². The zero-order valence-electron chi connectivity index (χ0n) is 10.6. The van der Waals surface area contributed by atoms with Gasteiger partial charge in [-0.2, -0.15) is 0 Å². The number of nitrogens with zero attached hydrogens (tertiary/aromatic N) is 1. The number of halogens is 2. The first-order valence-electron chi connectivity index (χ1n) is 5.66. The van der Waals surface area contributed by atoms with Crippen molar-refractivity contribution in [1.82, 2.24) is 4.57 Å². The number of aryl methyl sites for hydroxylation is 1. The quantitative estimate of drug-likeness (QED) is 0.899. The van der Waals surface area contributed by atoms with Gasteiger partial charge in [0.15, 0.2) is 0 Å². The first-order chi connectivity index (χ1) is 9.33. The second kappa shape index (κ2) is 5.22. The van der Waals surface area contributed by atoms with Gasteiger partial charge in [0, 0.05) is 31.5 Å². The van der Waals surface area contributed by atoms with Crippen molar-refractivity contribution in [3.63, 3.8) is 0 Å². The van der Waals surface area contributed by atoms with Crippen molar-refractivity contribution in [2.24, 2.45) is 12.8 Å². The monoisotopic (exact) mass is 301 g/mol. The van der Waals surface area contributed by atoms with Crippen LogP contribution in [-0.4, -0.2) is 13.0 Å². The molecule has 0 aliphatic carbocycles. The van der Waals surface area contributed by atoms with Crippen LogP contribution >= 0.6 is 0 Å². The number of hydrogen-bond acceptors (Lipinski definition) is 3. The van der Waals surface area contributed by atoms with E-state index >= 15 is 0 Å². The van der Waals surface area contributed by atoms with Gasteiger partial charge in [0.25, 0.3) is 10.0 Å². The van der Waals surface area contributed by atoms with Crippen LogP contribution in [0.4, 0.5) is 14.5 Å². The summed E-state index contributed by atoms with van der Waals surface area (Å²) in [6.45, 7) is 0.167. The summed E-state index contributed by atoms with van der Waals surface area (Å²) >= 11 is 0. The molecule has 0 aliphatic rings. The molecule has 0 saturated carbocycles. The van der Waals surface area contributed by atoms with Gasteiger partial charge < -0.3 is 10.3 Å². The second-order valence-corrected chi connectivity index (χ2v) is 5.89. The summed E-state index contributed by atoms with van der Waals surface area (Å²) in [6, 6.07) is 3.91. The Morgan fingerprint density at radius 1 is 1.30 bits per heavy atom. The fourth-order valence-electron chi connectivity index (χ4n) is 1.71. The summed E-state index contributed by atoms with van der Waals surface area (Å²) in [6.07, 6.45) is 1.35. The van der Waals surface area contributed by atoms with E-state index in [1.54, 1.807) is 11.6 Å². The molecule has 5 nitrogen and oxygen atoms in total. The predicted molar refractivity (Wildman–Crippen MR) is 70.5 cm³/mol. The highest BCUT2D eigenvalue weighted by Crippen LogP contribution is 2.21. The van der Waals surface area contributed by atoms with Gasteiger partial charge in [-0.1, -0.05) is 0 Å². The van der Waals surface area contributed by atoms with Crippen LogP contribution in [0.15, 0.2) is 35.4 Å². The Labute approximate surface area is 115 Å². The maximum Gasteiger partial charge on any atom is 0.263 e. The molecule has 0 aliphatic heterocycles. The molecule has 0 unspecified atom stereocenters. The van der Waals surface area contributed by atoms with Gasteiger partial charge >= 0.3 is 0 Å². The molecular weight excluding hydrogens is 288 g/mol. The molecule has 0 saturated heterocycles. The molecule has 1 aromatic carbocycles. The summed E-state index contributed by atoms with van der Waals surface area (Å²) in [5, 5.41) is 0. The zero-order chi connectivity index (χ0) is 14.9. The van der Waals surface area contributed by atoms with Crippen molar-refractivity contribution in [2.45, 2.75) is 11.4 Å². The summed E-state index contributed by atoms with van der Waals surface area (Å²) in [7, 11) is -2.35. The third kappa shape index (κ3) is 2.81. The first kappa shape index (κ1) is 14.5. The normalized spacial score (nSPS) is 11.6. The number of rotatable bonds is 4. The lowest BCUT2D eigenvalue weighted by atomic mass is 10.3. The number of hydrogen-bond donors (Lipinski definition) is 2. The third-order valence-corrected chi connectivity index (χ3v) is 4.11. The Morgan fingerprint density at radius 3 is 2.60 bits per heavy atom. The van der Waals surface area contributed by atoms with E-state index in [9.17, 15) is 17.2 Å². The fraction of sp³-hybridized carbons (Fsp3) is 0.167. The van der Waals surface area contributed by atoms with Gasteiger partial charge in [-0.3, -0.25) is 4.72 Å². The average Bonchev–Trinajstić information content (AvgIpc) is 2.76. The van der Waals surface area contributed by atoms with Gasteiger partial charge in [-0.05, 0) is 18.2 Å². The Morgan fingerprint density at radius 2 is 2.00 bits per heavy atom. The van der Waals surface area contributed by atoms with Crippen molar-refractivity contribution < 1.29 is 17.2 Å². The molecule has 0 spiro atoms. The topological polar surface area (TPSA) is 77.1 Å². The van der Waals surface area contributed by atoms with E-state index in [1.807, 2.05) is 4.72 Å². The maximum absolute atomic E-state index is 13.4. The highest BCUT2D eigenvalue weighted by molar-refractivity contribution is 7.92. The van der Waals surface area contributed by atoms with Gasteiger partial charge in [-0.15, -0.1) is 0 Å². The minimum atomic E-state index is -4.00. The van der Waals surface area contributed by atoms with Crippen LogP contribution in [0, 0.1) is 11.6 Å². The van der Waals surface area contributed by atoms with Crippen molar-refractivity contribution in [2.75, 3.05) is 4.72 Å². The molecule has 0 amide bonds. The molecule has 108 valence electrons. The van der Waals surface area contributed by atoms with Crippen molar-refractivity contribution in [3.8, 4) is 0 Å². The van der Waals surface area contributed by atoms with Crippen LogP contribution in [0.5, 0.6) is 0 Å². The molecule has 2 rings (SSSR count). The number of nitrogens with two attached hydrogens (primary N) is 1. The van der Waals surface area contributed by atoms with E-state index in [0.717, 1.165) is 18.2 Å². The van der Waals surface area contributed by atoms with Crippen molar-refractivity contribution >= 4 is 15.7 Å². The predicted octanol–water partition coefficient (Wildman–Crippen LogP) is 1.56. The van der Waals surface area contributed by atoms with Gasteiger partial charge in [-0.25, -0.2) is 17.2 Å². The molecule has 0 fully saturated rings. The van der Waals surface area contributed by atoms with E-state index in [1.165, 1.54) is 12.3 Å². The molecule has 1 heterocycles. The van der Waals surface area contributed by atoms with Crippen LogP contribution in [0.1, 0.15) is 5.69 Å². The minimum absolute atomic E-state index is 0.0656. The molecule has 0 radical (unpaired) electrons.